The highest BCUT2D eigenvalue weighted by atomic mass is 16.5. The van der Waals surface area contributed by atoms with Gasteiger partial charge < -0.3 is 24.1 Å². The lowest BCUT2D eigenvalue weighted by molar-refractivity contribution is 0.283. The number of nitrogens with one attached hydrogen (secondary N) is 1. The number of hydrogen-bond acceptors (Lipinski definition) is 4. The molecule has 0 amide bonds. The van der Waals surface area contributed by atoms with Crippen LogP contribution in [0.15, 0.2) is 36.7 Å². The van der Waals surface area contributed by atoms with E-state index in [0.29, 0.717) is 11.5 Å². The van der Waals surface area contributed by atoms with E-state index in [1.54, 1.807) is 20.4 Å². The third kappa shape index (κ3) is 2.34. The van der Waals surface area contributed by atoms with E-state index in [2.05, 4.69) is 20.7 Å². The molecule has 0 aliphatic carbocycles. The lowest BCUT2D eigenvalue weighted by Gasteiger charge is -2.08. The van der Waals surface area contributed by atoms with Gasteiger partial charge in [-0.2, -0.15) is 0 Å². The number of aliphatic hydroxyl groups is 1. The Bertz CT molecular complexity index is 1080. The maximum atomic E-state index is 9.54. The molecule has 3 aromatic heterocycles. The first kappa shape index (κ1) is 15.5. The molecule has 6 heteroatoms. The van der Waals surface area contributed by atoms with E-state index in [9.17, 15) is 5.11 Å². The van der Waals surface area contributed by atoms with E-state index in [4.69, 9.17) is 9.47 Å². The molecule has 0 bridgehead atoms. The first-order chi connectivity index (χ1) is 12.2. The normalized spacial score (nSPS) is 11.4. The summed E-state index contributed by atoms with van der Waals surface area (Å²) in [6.45, 7) is -0.0170. The number of aromatic amines is 1. The summed E-state index contributed by atoms with van der Waals surface area (Å²) in [5.74, 6) is 1.39. The largest absolute Gasteiger partial charge is 0.493 e. The van der Waals surface area contributed by atoms with Gasteiger partial charge in [-0.25, -0.2) is 4.98 Å². The van der Waals surface area contributed by atoms with Crippen LogP contribution in [0.5, 0.6) is 11.5 Å². The van der Waals surface area contributed by atoms with Crippen LogP contribution in [0, 0.1) is 0 Å². The van der Waals surface area contributed by atoms with Crippen LogP contribution in [-0.2, 0) is 13.7 Å². The molecule has 0 atom stereocenters. The van der Waals surface area contributed by atoms with Crippen molar-refractivity contribution in [2.24, 2.45) is 7.05 Å². The summed E-state index contributed by atoms with van der Waals surface area (Å²) in [7, 11) is 5.26. The lowest BCUT2D eigenvalue weighted by atomic mass is 10.1. The van der Waals surface area contributed by atoms with Gasteiger partial charge in [-0.3, -0.25) is 0 Å². The van der Waals surface area contributed by atoms with Crippen molar-refractivity contribution in [1.82, 2.24) is 14.5 Å². The van der Waals surface area contributed by atoms with Crippen LogP contribution >= 0.6 is 0 Å². The third-order valence-electron chi connectivity index (χ3n) is 4.58. The molecule has 0 unspecified atom stereocenters. The zero-order valence-corrected chi connectivity index (χ0v) is 14.3. The SMILES string of the molecule is COc1cc2c(-c3cc4c(CO)ccnc4[nH]3)cn(C)c2cc1OC. The maximum absolute atomic E-state index is 9.54. The maximum Gasteiger partial charge on any atom is 0.162 e. The molecule has 0 fully saturated rings. The number of pyridine rings is 1. The Kier molecular flexibility index (Phi) is 3.62. The van der Waals surface area contributed by atoms with Gasteiger partial charge in [-0.05, 0) is 23.8 Å². The highest BCUT2D eigenvalue weighted by Gasteiger charge is 2.16. The number of aromatic nitrogens is 3. The molecule has 4 rings (SSSR count). The fourth-order valence-corrected chi connectivity index (χ4v) is 3.29. The number of rotatable bonds is 4. The molecular weight excluding hydrogens is 318 g/mol. The van der Waals surface area contributed by atoms with E-state index < -0.39 is 0 Å². The van der Waals surface area contributed by atoms with Crippen molar-refractivity contribution in [3.63, 3.8) is 0 Å². The number of hydrogen-bond donors (Lipinski definition) is 2. The van der Waals surface area contributed by atoms with E-state index in [0.717, 1.165) is 38.8 Å². The van der Waals surface area contributed by atoms with Crippen molar-refractivity contribution in [3.8, 4) is 22.8 Å². The van der Waals surface area contributed by atoms with Crippen molar-refractivity contribution < 1.29 is 14.6 Å². The van der Waals surface area contributed by atoms with Crippen LogP contribution in [0.1, 0.15) is 5.56 Å². The molecule has 128 valence electrons. The fourth-order valence-electron chi connectivity index (χ4n) is 3.29. The van der Waals surface area contributed by atoms with Crippen molar-refractivity contribution in [3.05, 3.63) is 42.2 Å². The number of ether oxygens (including phenoxy) is 2. The fraction of sp³-hybridized carbons (Fsp3) is 0.211. The summed E-state index contributed by atoms with van der Waals surface area (Å²) >= 11 is 0. The van der Waals surface area contributed by atoms with Gasteiger partial charge in [0.05, 0.1) is 26.3 Å². The Labute approximate surface area is 144 Å². The molecule has 0 aliphatic rings. The summed E-state index contributed by atoms with van der Waals surface area (Å²) in [5.41, 5.74) is 4.65. The van der Waals surface area contributed by atoms with Crippen molar-refractivity contribution in [2.45, 2.75) is 6.61 Å². The minimum atomic E-state index is -0.0170. The van der Waals surface area contributed by atoms with E-state index in [1.165, 1.54) is 0 Å². The van der Waals surface area contributed by atoms with Gasteiger partial charge in [0.1, 0.15) is 5.65 Å². The molecule has 0 spiro atoms. The van der Waals surface area contributed by atoms with Gasteiger partial charge in [0.15, 0.2) is 11.5 Å². The zero-order valence-electron chi connectivity index (χ0n) is 14.3. The quantitative estimate of drug-likeness (QED) is 0.600. The van der Waals surface area contributed by atoms with Crippen LogP contribution in [0.2, 0.25) is 0 Å². The second-order valence-corrected chi connectivity index (χ2v) is 5.95. The van der Waals surface area contributed by atoms with E-state index in [-0.39, 0.29) is 6.61 Å². The predicted molar refractivity (Wildman–Crippen MR) is 97.0 cm³/mol. The Morgan fingerprint density at radius 2 is 1.88 bits per heavy atom. The lowest BCUT2D eigenvalue weighted by Crippen LogP contribution is -1.91. The van der Waals surface area contributed by atoms with E-state index >= 15 is 0 Å². The van der Waals surface area contributed by atoms with Gasteiger partial charge in [0, 0.05) is 47.5 Å². The summed E-state index contributed by atoms with van der Waals surface area (Å²) in [4.78, 5) is 7.72. The molecule has 25 heavy (non-hydrogen) atoms. The standard InChI is InChI=1S/C19H19N3O3/c1-22-9-14(13-7-17(24-2)18(25-3)8-16(13)22)15-6-12-11(10-23)4-5-20-19(12)21-15/h4-9,23H,10H2,1-3H3,(H,20,21). The van der Waals surface area contributed by atoms with Crippen molar-refractivity contribution in [1.29, 1.82) is 0 Å². The molecule has 1 aromatic carbocycles. The smallest absolute Gasteiger partial charge is 0.162 e. The second-order valence-electron chi connectivity index (χ2n) is 5.95. The minimum Gasteiger partial charge on any atom is -0.493 e. The monoisotopic (exact) mass is 337 g/mol. The molecule has 4 aromatic rings. The highest BCUT2D eigenvalue weighted by Crippen LogP contribution is 2.38. The van der Waals surface area contributed by atoms with Crippen LogP contribution in [0.3, 0.4) is 0 Å². The molecule has 0 aliphatic heterocycles. The van der Waals surface area contributed by atoms with Crippen LogP contribution in [-0.4, -0.2) is 33.9 Å². The number of nitrogens with zero attached hydrogens (tertiary/aromatic N) is 2. The molecule has 3 heterocycles. The van der Waals surface area contributed by atoms with Gasteiger partial charge in [0.2, 0.25) is 0 Å². The molecular formula is C19H19N3O3. The average Bonchev–Trinajstić information content (AvgIpc) is 3.21. The Hall–Kier alpha value is -2.99. The summed E-state index contributed by atoms with van der Waals surface area (Å²) in [6, 6.07) is 7.81. The van der Waals surface area contributed by atoms with Crippen molar-refractivity contribution in [2.75, 3.05) is 14.2 Å². The number of aliphatic hydroxyl groups excluding tert-OH is 1. The van der Waals surface area contributed by atoms with E-state index in [1.807, 2.05) is 31.3 Å². The first-order valence-electron chi connectivity index (χ1n) is 7.95. The van der Waals surface area contributed by atoms with Gasteiger partial charge >= 0.3 is 0 Å². The topological polar surface area (TPSA) is 72.3 Å². The number of fused-ring (bicyclic) bond motifs is 2. The van der Waals surface area contributed by atoms with Crippen LogP contribution in [0.4, 0.5) is 0 Å². The number of aryl methyl sites for hydroxylation is 1. The van der Waals surface area contributed by atoms with Crippen LogP contribution in [0.25, 0.3) is 33.2 Å². The second kappa shape index (κ2) is 5.82. The molecule has 0 radical (unpaired) electrons. The zero-order chi connectivity index (χ0) is 17.6. The van der Waals surface area contributed by atoms with Gasteiger partial charge in [-0.1, -0.05) is 0 Å². The third-order valence-corrected chi connectivity index (χ3v) is 4.58. The van der Waals surface area contributed by atoms with Crippen LogP contribution < -0.4 is 9.47 Å². The highest BCUT2D eigenvalue weighted by molar-refractivity contribution is 5.99. The first-order valence-corrected chi connectivity index (χ1v) is 7.95. The molecule has 0 saturated heterocycles. The summed E-state index contributed by atoms with van der Waals surface area (Å²) < 4.78 is 12.9. The summed E-state index contributed by atoms with van der Waals surface area (Å²) in [6.07, 6.45) is 3.76. The molecule has 0 saturated carbocycles. The summed E-state index contributed by atoms with van der Waals surface area (Å²) in [5, 5.41) is 11.5. The minimum absolute atomic E-state index is 0.0170. The Balaban J connectivity index is 1.98. The average molecular weight is 337 g/mol. The Morgan fingerprint density at radius 1 is 1.12 bits per heavy atom. The van der Waals surface area contributed by atoms with Gasteiger partial charge in [-0.15, -0.1) is 0 Å². The van der Waals surface area contributed by atoms with Gasteiger partial charge in [0.25, 0.3) is 0 Å². The Morgan fingerprint density at radius 3 is 2.60 bits per heavy atom. The predicted octanol–water partition coefficient (Wildman–Crippen LogP) is 3.23. The number of benzene rings is 1. The molecule has 6 nitrogen and oxygen atoms in total. The van der Waals surface area contributed by atoms with Crippen molar-refractivity contribution >= 4 is 21.9 Å². The molecule has 2 N–H and O–H groups in total. The number of H-pyrrole nitrogens is 1. The number of methoxy groups -OCH3 is 2.